The zero-order chi connectivity index (χ0) is 22.4. The molecule has 164 valence electrons. The number of carboxylic acids is 1. The van der Waals surface area contributed by atoms with Crippen molar-refractivity contribution in [3.8, 4) is 0 Å². The molecule has 31 heavy (non-hydrogen) atoms. The number of aliphatic carboxylic acids is 1. The maximum atomic E-state index is 12.6. The number of halogens is 2. The average Bonchev–Trinajstić information content (AvgIpc) is 2.75. The van der Waals surface area contributed by atoms with E-state index in [0.717, 1.165) is 0 Å². The summed E-state index contributed by atoms with van der Waals surface area (Å²) < 4.78 is 5.02. The van der Waals surface area contributed by atoms with Gasteiger partial charge in [0.2, 0.25) is 0 Å². The summed E-state index contributed by atoms with van der Waals surface area (Å²) in [5, 5.41) is 18.6. The first kappa shape index (κ1) is 23.9. The van der Waals surface area contributed by atoms with Crippen molar-refractivity contribution in [1.29, 1.82) is 0 Å². The SMILES string of the molecule is COC(=O)C(c1ccccc1Cl)N1CCC(SSc2ccc(Cl)nn2)/C(=C\C(=O)O)C1. The summed E-state index contributed by atoms with van der Waals surface area (Å²) >= 11 is 12.1. The topological polar surface area (TPSA) is 92.6 Å². The lowest BCUT2D eigenvalue weighted by atomic mass is 9.98. The number of hydrogen-bond donors (Lipinski definition) is 1. The molecular weight excluding hydrogens is 481 g/mol. The molecule has 0 aliphatic carbocycles. The Morgan fingerprint density at radius 2 is 2.03 bits per heavy atom. The number of carbonyl (C=O) groups excluding carboxylic acids is 1. The summed E-state index contributed by atoms with van der Waals surface area (Å²) in [6.45, 7) is 0.855. The molecule has 2 heterocycles. The van der Waals surface area contributed by atoms with Crippen molar-refractivity contribution >= 4 is 56.7 Å². The molecule has 1 aromatic heterocycles. The van der Waals surface area contributed by atoms with E-state index in [1.165, 1.54) is 34.8 Å². The molecule has 1 aliphatic heterocycles. The number of likely N-dealkylation sites (tertiary alicyclic amines) is 1. The molecule has 7 nitrogen and oxygen atoms in total. The molecule has 2 unspecified atom stereocenters. The maximum absolute atomic E-state index is 12.6. The monoisotopic (exact) mass is 499 g/mol. The van der Waals surface area contributed by atoms with E-state index in [9.17, 15) is 14.7 Å². The molecule has 0 amide bonds. The van der Waals surface area contributed by atoms with Gasteiger partial charge < -0.3 is 9.84 Å². The molecule has 3 rings (SSSR count). The van der Waals surface area contributed by atoms with Crippen molar-refractivity contribution < 1.29 is 19.4 Å². The molecule has 1 saturated heterocycles. The fourth-order valence-electron chi connectivity index (χ4n) is 3.25. The molecule has 0 spiro atoms. The van der Waals surface area contributed by atoms with Gasteiger partial charge >= 0.3 is 11.9 Å². The molecule has 0 saturated carbocycles. The highest BCUT2D eigenvalue weighted by atomic mass is 35.5. The number of benzene rings is 1. The number of rotatable bonds is 7. The van der Waals surface area contributed by atoms with Crippen molar-refractivity contribution in [2.75, 3.05) is 20.2 Å². The van der Waals surface area contributed by atoms with E-state index >= 15 is 0 Å². The van der Waals surface area contributed by atoms with Crippen molar-refractivity contribution in [2.24, 2.45) is 0 Å². The van der Waals surface area contributed by atoms with E-state index in [0.29, 0.717) is 45.8 Å². The van der Waals surface area contributed by atoms with E-state index in [2.05, 4.69) is 10.2 Å². The molecule has 2 aromatic rings. The van der Waals surface area contributed by atoms with E-state index in [4.69, 9.17) is 27.9 Å². The van der Waals surface area contributed by atoms with Crippen molar-refractivity contribution in [3.05, 3.63) is 63.8 Å². The summed E-state index contributed by atoms with van der Waals surface area (Å²) in [6.07, 6.45) is 1.84. The Kier molecular flexibility index (Phi) is 8.62. The van der Waals surface area contributed by atoms with Crippen LogP contribution in [0.1, 0.15) is 18.0 Å². The minimum atomic E-state index is -1.04. The summed E-state index contributed by atoms with van der Waals surface area (Å²) in [5.74, 6) is -1.48. The van der Waals surface area contributed by atoms with Crippen LogP contribution in [0.4, 0.5) is 0 Å². The van der Waals surface area contributed by atoms with Gasteiger partial charge in [0.25, 0.3) is 0 Å². The standard InChI is InChI=1S/C20H19Cl2N3O4S2/c1-29-20(28)19(13-4-2-3-5-14(13)21)25-9-8-15(12(11-25)10-18(26)27)30-31-17-7-6-16(22)23-24-17/h2-7,10,15,19H,8-9,11H2,1H3,(H,26,27)/b12-10-. The van der Waals surface area contributed by atoms with Crippen molar-refractivity contribution in [3.63, 3.8) is 0 Å². The second-order valence-electron chi connectivity index (χ2n) is 6.63. The largest absolute Gasteiger partial charge is 0.478 e. The van der Waals surface area contributed by atoms with Gasteiger partial charge in [-0.1, -0.05) is 52.2 Å². The number of esters is 1. The zero-order valence-corrected chi connectivity index (χ0v) is 19.5. The molecule has 1 N–H and O–H groups in total. The summed E-state index contributed by atoms with van der Waals surface area (Å²) in [4.78, 5) is 26.0. The van der Waals surface area contributed by atoms with Gasteiger partial charge in [-0.25, -0.2) is 9.59 Å². The average molecular weight is 500 g/mol. The van der Waals surface area contributed by atoms with Gasteiger partial charge in [0.15, 0.2) is 5.15 Å². The smallest absolute Gasteiger partial charge is 0.328 e. The van der Waals surface area contributed by atoms with Crippen LogP contribution < -0.4 is 0 Å². The summed E-state index contributed by atoms with van der Waals surface area (Å²) in [7, 11) is 4.23. The Morgan fingerprint density at radius 3 is 2.68 bits per heavy atom. The Bertz CT molecular complexity index is 975. The number of piperidine rings is 1. The van der Waals surface area contributed by atoms with E-state index < -0.39 is 18.0 Å². The van der Waals surface area contributed by atoms with Gasteiger partial charge in [0.1, 0.15) is 11.1 Å². The molecule has 1 aliphatic rings. The van der Waals surface area contributed by atoms with Gasteiger partial charge in [-0.3, -0.25) is 4.90 Å². The third-order valence-electron chi connectivity index (χ3n) is 4.63. The fraction of sp³-hybridized carbons (Fsp3) is 0.300. The first-order valence-electron chi connectivity index (χ1n) is 9.21. The van der Waals surface area contributed by atoms with Crippen LogP contribution in [0, 0.1) is 0 Å². The maximum Gasteiger partial charge on any atom is 0.328 e. The van der Waals surface area contributed by atoms with Crippen LogP contribution in [-0.4, -0.2) is 57.6 Å². The van der Waals surface area contributed by atoms with Crippen molar-refractivity contribution in [1.82, 2.24) is 15.1 Å². The number of carboxylic acid groups (broad SMARTS) is 1. The second kappa shape index (κ2) is 11.2. The van der Waals surface area contributed by atoms with Gasteiger partial charge in [-0.05, 0) is 46.6 Å². The highest BCUT2D eigenvalue weighted by Gasteiger charge is 2.35. The number of ether oxygens (including phenoxy) is 1. The molecule has 1 fully saturated rings. The molecule has 1 aromatic carbocycles. The van der Waals surface area contributed by atoms with Crippen LogP contribution >= 0.6 is 44.8 Å². The third-order valence-corrected chi connectivity index (χ3v) is 7.93. The van der Waals surface area contributed by atoms with E-state index in [1.54, 1.807) is 36.4 Å². The molecule has 2 atom stereocenters. The lowest BCUT2D eigenvalue weighted by Gasteiger charge is -2.37. The Morgan fingerprint density at radius 1 is 1.26 bits per heavy atom. The zero-order valence-electron chi connectivity index (χ0n) is 16.4. The van der Waals surface area contributed by atoms with Gasteiger partial charge in [-0.15, -0.1) is 10.2 Å². The normalized spacial score (nSPS) is 19.2. The van der Waals surface area contributed by atoms with Crippen molar-refractivity contribution in [2.45, 2.75) is 22.7 Å². The number of aromatic nitrogens is 2. The second-order valence-corrected chi connectivity index (χ2v) is 9.84. The highest BCUT2D eigenvalue weighted by Crippen LogP contribution is 2.41. The predicted octanol–water partition coefficient (Wildman–Crippen LogP) is 4.52. The number of nitrogens with zero attached hydrogens (tertiary/aromatic N) is 3. The number of hydrogen-bond acceptors (Lipinski definition) is 8. The van der Waals surface area contributed by atoms with Crippen LogP contribution in [0.5, 0.6) is 0 Å². The number of carbonyl (C=O) groups is 2. The Labute approximate surface area is 197 Å². The van der Waals surface area contributed by atoms with Crippen LogP contribution in [-0.2, 0) is 14.3 Å². The molecule has 0 bridgehead atoms. The lowest BCUT2D eigenvalue weighted by Crippen LogP contribution is -2.42. The minimum Gasteiger partial charge on any atom is -0.478 e. The third kappa shape index (κ3) is 6.36. The van der Waals surface area contributed by atoms with E-state index in [1.807, 2.05) is 4.90 Å². The predicted molar refractivity (Wildman–Crippen MR) is 122 cm³/mol. The van der Waals surface area contributed by atoms with Gasteiger partial charge in [-0.2, -0.15) is 0 Å². The van der Waals surface area contributed by atoms with Gasteiger partial charge in [0.05, 0.1) is 7.11 Å². The molecular formula is C20H19Cl2N3O4S2. The summed E-state index contributed by atoms with van der Waals surface area (Å²) in [5.41, 5.74) is 1.32. The molecule has 0 radical (unpaired) electrons. The fourth-order valence-corrected chi connectivity index (χ4v) is 6.04. The van der Waals surface area contributed by atoms with Crippen LogP contribution in [0.2, 0.25) is 10.2 Å². The quantitative estimate of drug-likeness (QED) is 0.335. The first-order valence-corrected chi connectivity index (χ1v) is 12.2. The Balaban J connectivity index is 1.80. The highest BCUT2D eigenvalue weighted by molar-refractivity contribution is 8.77. The summed E-state index contributed by atoms with van der Waals surface area (Å²) in [6, 6.07) is 9.77. The Hall–Kier alpha value is -1.78. The lowest BCUT2D eigenvalue weighted by molar-refractivity contribution is -0.147. The van der Waals surface area contributed by atoms with Crippen LogP contribution in [0.15, 0.2) is 53.1 Å². The van der Waals surface area contributed by atoms with Crippen LogP contribution in [0.3, 0.4) is 0 Å². The molecule has 11 heteroatoms. The first-order chi connectivity index (χ1) is 14.9. The number of methoxy groups -OCH3 is 1. The van der Waals surface area contributed by atoms with Crippen LogP contribution in [0.25, 0.3) is 0 Å². The van der Waals surface area contributed by atoms with Gasteiger partial charge in [0, 0.05) is 29.4 Å². The minimum absolute atomic E-state index is 0.0700. The van der Waals surface area contributed by atoms with E-state index in [-0.39, 0.29) is 5.25 Å².